The van der Waals surface area contributed by atoms with Crippen LogP contribution in [0.1, 0.15) is 36.2 Å². The number of hydrogen-bond acceptors (Lipinski definition) is 3. The Hall–Kier alpha value is -2.21. The monoisotopic (exact) mass is 343 g/mol. The predicted octanol–water partition coefficient (Wildman–Crippen LogP) is 2.92. The zero-order valence-electron chi connectivity index (χ0n) is 14.3. The molecule has 2 heterocycles. The molecule has 1 aromatic carbocycles. The van der Waals surface area contributed by atoms with Crippen LogP contribution < -0.4 is 5.32 Å². The minimum absolute atomic E-state index is 0.0982. The van der Waals surface area contributed by atoms with E-state index in [1.807, 2.05) is 0 Å². The Bertz CT molecular complexity index is 778. The van der Waals surface area contributed by atoms with Gasteiger partial charge in [0, 0.05) is 31.9 Å². The molecular weight excluding hydrogens is 321 g/mol. The summed E-state index contributed by atoms with van der Waals surface area (Å²) in [6.07, 6.45) is 4.22. The van der Waals surface area contributed by atoms with E-state index in [1.165, 1.54) is 12.1 Å². The standard InChI is InChI=1S/C19H22FN3O2/c1-23-16(12-15(22-23)13-2-4-14(20)5-3-13)18(24)21-17-6-7-19(17)8-10-25-11-9-19/h2-5,12,17H,6-11H2,1H3,(H,21,24). The van der Waals surface area contributed by atoms with Crippen molar-refractivity contribution >= 4 is 5.91 Å². The number of rotatable bonds is 3. The van der Waals surface area contributed by atoms with Gasteiger partial charge in [0.15, 0.2) is 0 Å². The molecule has 1 amide bonds. The number of carbonyl (C=O) groups excluding carboxylic acids is 1. The molecule has 1 saturated heterocycles. The summed E-state index contributed by atoms with van der Waals surface area (Å²) in [6.45, 7) is 1.57. The van der Waals surface area contributed by atoms with Crippen LogP contribution in [-0.4, -0.2) is 34.9 Å². The molecule has 1 N–H and O–H groups in total. The highest BCUT2D eigenvalue weighted by atomic mass is 19.1. The van der Waals surface area contributed by atoms with E-state index >= 15 is 0 Å². The fourth-order valence-corrected chi connectivity index (χ4v) is 3.97. The molecule has 1 saturated carbocycles. The van der Waals surface area contributed by atoms with Gasteiger partial charge in [-0.05, 0) is 61.4 Å². The highest BCUT2D eigenvalue weighted by Gasteiger charge is 2.48. The molecule has 2 aromatic rings. The largest absolute Gasteiger partial charge is 0.381 e. The fourth-order valence-electron chi connectivity index (χ4n) is 3.97. The number of nitrogens with zero attached hydrogens (tertiary/aromatic N) is 2. The second-order valence-electron chi connectivity index (χ2n) is 7.08. The Labute approximate surface area is 146 Å². The van der Waals surface area contributed by atoms with Crippen LogP contribution in [0.3, 0.4) is 0 Å². The Morgan fingerprint density at radius 1 is 1.28 bits per heavy atom. The molecule has 4 rings (SSSR count). The van der Waals surface area contributed by atoms with E-state index in [0.717, 1.165) is 44.5 Å². The fraction of sp³-hybridized carbons (Fsp3) is 0.474. The molecule has 1 spiro atoms. The smallest absolute Gasteiger partial charge is 0.269 e. The maximum Gasteiger partial charge on any atom is 0.269 e. The van der Waals surface area contributed by atoms with Crippen molar-refractivity contribution in [3.63, 3.8) is 0 Å². The molecule has 5 nitrogen and oxygen atoms in total. The lowest BCUT2D eigenvalue weighted by Crippen LogP contribution is -2.57. The SMILES string of the molecule is Cn1nc(-c2ccc(F)cc2)cc1C(=O)NC1CCC12CCOCC2. The summed E-state index contributed by atoms with van der Waals surface area (Å²) < 4.78 is 20.1. The van der Waals surface area contributed by atoms with E-state index in [2.05, 4.69) is 10.4 Å². The number of ether oxygens (including phenoxy) is 1. The van der Waals surface area contributed by atoms with Gasteiger partial charge in [-0.2, -0.15) is 5.10 Å². The minimum Gasteiger partial charge on any atom is -0.381 e. The number of carbonyl (C=O) groups is 1. The molecule has 1 aromatic heterocycles. The maximum absolute atomic E-state index is 13.1. The third-order valence-electron chi connectivity index (χ3n) is 5.72. The number of hydrogen-bond donors (Lipinski definition) is 1. The van der Waals surface area contributed by atoms with E-state index < -0.39 is 0 Å². The Morgan fingerprint density at radius 2 is 2.00 bits per heavy atom. The van der Waals surface area contributed by atoms with Crippen LogP contribution in [0.25, 0.3) is 11.3 Å². The van der Waals surface area contributed by atoms with Crippen molar-refractivity contribution in [1.29, 1.82) is 0 Å². The Morgan fingerprint density at radius 3 is 2.64 bits per heavy atom. The molecule has 0 bridgehead atoms. The molecule has 1 atom stereocenters. The number of amides is 1. The number of aryl methyl sites for hydroxylation is 1. The van der Waals surface area contributed by atoms with Crippen LogP contribution in [-0.2, 0) is 11.8 Å². The lowest BCUT2D eigenvalue weighted by molar-refractivity contribution is -0.0523. The molecule has 6 heteroatoms. The van der Waals surface area contributed by atoms with E-state index in [0.29, 0.717) is 11.4 Å². The summed E-state index contributed by atoms with van der Waals surface area (Å²) in [7, 11) is 1.76. The normalized spacial score (nSPS) is 21.8. The van der Waals surface area contributed by atoms with Gasteiger partial charge in [0.25, 0.3) is 5.91 Å². The zero-order chi connectivity index (χ0) is 17.4. The van der Waals surface area contributed by atoms with Crippen molar-refractivity contribution in [3.8, 4) is 11.3 Å². The van der Waals surface area contributed by atoms with Crippen LogP contribution in [0.15, 0.2) is 30.3 Å². The lowest BCUT2D eigenvalue weighted by Gasteiger charge is -2.52. The first kappa shape index (κ1) is 16.3. The van der Waals surface area contributed by atoms with Crippen LogP contribution >= 0.6 is 0 Å². The minimum atomic E-state index is -0.288. The Balaban J connectivity index is 1.50. The van der Waals surface area contributed by atoms with Gasteiger partial charge in [0.05, 0.1) is 5.69 Å². The summed E-state index contributed by atoms with van der Waals surface area (Å²) in [4.78, 5) is 12.7. The van der Waals surface area contributed by atoms with Crippen molar-refractivity contribution in [2.45, 2.75) is 31.7 Å². The topological polar surface area (TPSA) is 56.2 Å². The van der Waals surface area contributed by atoms with Crippen molar-refractivity contribution < 1.29 is 13.9 Å². The van der Waals surface area contributed by atoms with Gasteiger partial charge < -0.3 is 10.1 Å². The molecular formula is C19H22FN3O2. The third kappa shape index (κ3) is 2.95. The first-order chi connectivity index (χ1) is 12.1. The van der Waals surface area contributed by atoms with Crippen molar-refractivity contribution in [2.75, 3.05) is 13.2 Å². The van der Waals surface area contributed by atoms with Gasteiger partial charge in [0.1, 0.15) is 11.5 Å². The van der Waals surface area contributed by atoms with Crippen LogP contribution in [0, 0.1) is 11.2 Å². The molecule has 1 aliphatic heterocycles. The number of nitrogens with one attached hydrogen (secondary N) is 1. The first-order valence-corrected chi connectivity index (χ1v) is 8.76. The maximum atomic E-state index is 13.1. The quantitative estimate of drug-likeness (QED) is 0.932. The molecule has 0 radical (unpaired) electrons. The first-order valence-electron chi connectivity index (χ1n) is 8.76. The number of halogens is 1. The average molecular weight is 343 g/mol. The van der Waals surface area contributed by atoms with E-state index in [-0.39, 0.29) is 23.2 Å². The second kappa shape index (κ2) is 6.26. The van der Waals surface area contributed by atoms with Crippen LogP contribution in [0.4, 0.5) is 4.39 Å². The van der Waals surface area contributed by atoms with E-state index in [4.69, 9.17) is 4.74 Å². The number of aromatic nitrogens is 2. The van der Waals surface area contributed by atoms with Crippen LogP contribution in [0.5, 0.6) is 0 Å². The summed E-state index contributed by atoms with van der Waals surface area (Å²) in [5, 5.41) is 7.59. The van der Waals surface area contributed by atoms with Gasteiger partial charge in [0.2, 0.25) is 0 Å². The number of benzene rings is 1. The van der Waals surface area contributed by atoms with Crippen LogP contribution in [0.2, 0.25) is 0 Å². The van der Waals surface area contributed by atoms with Crippen molar-refractivity contribution in [1.82, 2.24) is 15.1 Å². The predicted molar refractivity (Wildman–Crippen MR) is 91.6 cm³/mol. The molecule has 25 heavy (non-hydrogen) atoms. The second-order valence-corrected chi connectivity index (χ2v) is 7.08. The third-order valence-corrected chi connectivity index (χ3v) is 5.72. The zero-order valence-corrected chi connectivity index (χ0v) is 14.3. The summed E-state index contributed by atoms with van der Waals surface area (Å²) in [6, 6.07) is 8.11. The van der Waals surface area contributed by atoms with Gasteiger partial charge in [-0.15, -0.1) is 0 Å². The molecule has 1 aliphatic carbocycles. The van der Waals surface area contributed by atoms with Gasteiger partial charge >= 0.3 is 0 Å². The van der Waals surface area contributed by atoms with Gasteiger partial charge in [-0.1, -0.05) is 0 Å². The van der Waals surface area contributed by atoms with E-state index in [1.54, 1.807) is 29.9 Å². The van der Waals surface area contributed by atoms with E-state index in [9.17, 15) is 9.18 Å². The highest BCUT2D eigenvalue weighted by Crippen LogP contribution is 2.48. The molecule has 2 fully saturated rings. The Kier molecular flexibility index (Phi) is 4.07. The lowest BCUT2D eigenvalue weighted by atomic mass is 9.60. The van der Waals surface area contributed by atoms with Gasteiger partial charge in [-0.25, -0.2) is 4.39 Å². The van der Waals surface area contributed by atoms with Gasteiger partial charge in [-0.3, -0.25) is 9.48 Å². The summed E-state index contributed by atoms with van der Waals surface area (Å²) in [5.41, 5.74) is 2.20. The average Bonchev–Trinajstić information content (AvgIpc) is 3.02. The highest BCUT2D eigenvalue weighted by molar-refractivity contribution is 5.94. The molecule has 2 aliphatic rings. The van der Waals surface area contributed by atoms with Crippen molar-refractivity contribution in [2.24, 2.45) is 12.5 Å². The molecule has 1 unspecified atom stereocenters. The summed E-state index contributed by atoms with van der Waals surface area (Å²) in [5.74, 6) is -0.386. The molecule has 132 valence electrons. The summed E-state index contributed by atoms with van der Waals surface area (Å²) >= 11 is 0. The van der Waals surface area contributed by atoms with Crippen molar-refractivity contribution in [3.05, 3.63) is 41.8 Å².